The van der Waals surface area contributed by atoms with E-state index in [0.29, 0.717) is 6.54 Å². The Morgan fingerprint density at radius 1 is 1.39 bits per heavy atom. The fraction of sp³-hybridized carbons (Fsp3) is 0.714. The van der Waals surface area contributed by atoms with Gasteiger partial charge in [-0.3, -0.25) is 4.79 Å². The molecule has 4 heteroatoms. The number of hydrogen-bond donors (Lipinski definition) is 1. The van der Waals surface area contributed by atoms with Crippen molar-refractivity contribution in [3.05, 3.63) is 27.7 Å². The average molecular weight is 251 g/mol. The van der Waals surface area contributed by atoms with E-state index in [-0.39, 0.29) is 11.0 Å². The van der Waals surface area contributed by atoms with Crippen LogP contribution in [0, 0.1) is 0 Å². The first-order chi connectivity index (χ1) is 8.36. The van der Waals surface area contributed by atoms with Crippen LogP contribution in [0.15, 0.2) is 10.9 Å². The van der Waals surface area contributed by atoms with Crippen LogP contribution in [0.5, 0.6) is 0 Å². The molecule has 1 N–H and O–H groups in total. The lowest BCUT2D eigenvalue weighted by Crippen LogP contribution is -2.31. The van der Waals surface area contributed by atoms with Gasteiger partial charge >= 0.3 is 0 Å². The molecule has 0 aliphatic rings. The van der Waals surface area contributed by atoms with Gasteiger partial charge < -0.3 is 5.32 Å². The molecule has 1 rings (SSSR count). The molecule has 0 bridgehead atoms. The van der Waals surface area contributed by atoms with Gasteiger partial charge in [0, 0.05) is 24.6 Å². The quantitative estimate of drug-likeness (QED) is 0.814. The van der Waals surface area contributed by atoms with Crippen molar-refractivity contribution in [3.8, 4) is 0 Å². The monoisotopic (exact) mass is 251 g/mol. The van der Waals surface area contributed by atoms with E-state index in [1.54, 1.807) is 7.05 Å². The second-order valence-corrected chi connectivity index (χ2v) is 5.76. The van der Waals surface area contributed by atoms with Crippen molar-refractivity contribution in [3.63, 3.8) is 0 Å². The lowest BCUT2D eigenvalue weighted by Gasteiger charge is -2.19. The molecule has 0 radical (unpaired) electrons. The Bertz CT molecular complexity index is 443. The predicted octanol–water partition coefficient (Wildman–Crippen LogP) is 1.97. The topological polar surface area (TPSA) is 46.9 Å². The first kappa shape index (κ1) is 14.9. The van der Waals surface area contributed by atoms with E-state index in [1.165, 1.54) is 4.68 Å². The van der Waals surface area contributed by atoms with E-state index in [9.17, 15) is 4.79 Å². The third kappa shape index (κ3) is 3.95. The summed E-state index contributed by atoms with van der Waals surface area (Å²) in [4.78, 5) is 12.0. The Labute approximate surface area is 109 Å². The summed E-state index contributed by atoms with van der Waals surface area (Å²) in [6, 6.07) is 1.93. The molecule has 0 aliphatic carbocycles. The number of nitrogens with one attached hydrogen (secondary N) is 1. The number of nitrogens with zero attached hydrogens (tertiary/aromatic N) is 2. The standard InChI is InChI=1S/C14H25N3O/c1-6-7-8-15-10-11-9-12(14(2,3)4)16-17(5)13(11)18/h9,15H,6-8,10H2,1-5H3. The average Bonchev–Trinajstić information content (AvgIpc) is 2.28. The zero-order valence-electron chi connectivity index (χ0n) is 12.2. The van der Waals surface area contributed by atoms with Gasteiger partial charge in [0.1, 0.15) is 0 Å². The fourth-order valence-electron chi connectivity index (χ4n) is 1.69. The number of rotatable bonds is 5. The molecule has 1 aromatic heterocycles. The van der Waals surface area contributed by atoms with Crippen LogP contribution in [0.4, 0.5) is 0 Å². The Morgan fingerprint density at radius 3 is 2.61 bits per heavy atom. The van der Waals surface area contributed by atoms with Crippen molar-refractivity contribution in [1.82, 2.24) is 15.1 Å². The first-order valence-corrected chi connectivity index (χ1v) is 6.64. The smallest absolute Gasteiger partial charge is 0.270 e. The van der Waals surface area contributed by atoms with Gasteiger partial charge in [-0.2, -0.15) is 5.10 Å². The van der Waals surface area contributed by atoms with Gasteiger partial charge in [-0.25, -0.2) is 4.68 Å². The van der Waals surface area contributed by atoms with Gasteiger partial charge in [0.15, 0.2) is 0 Å². The molecule has 0 aromatic carbocycles. The maximum absolute atomic E-state index is 12.0. The van der Waals surface area contributed by atoms with Gasteiger partial charge in [-0.15, -0.1) is 0 Å². The minimum atomic E-state index is -0.0381. The molecule has 18 heavy (non-hydrogen) atoms. The van der Waals surface area contributed by atoms with Crippen molar-refractivity contribution in [2.75, 3.05) is 6.54 Å². The van der Waals surface area contributed by atoms with Crippen LogP contribution in [0.25, 0.3) is 0 Å². The van der Waals surface area contributed by atoms with Crippen LogP contribution < -0.4 is 10.9 Å². The summed E-state index contributed by atoms with van der Waals surface area (Å²) >= 11 is 0. The van der Waals surface area contributed by atoms with Crippen molar-refractivity contribution >= 4 is 0 Å². The van der Waals surface area contributed by atoms with Gasteiger partial charge in [0.25, 0.3) is 5.56 Å². The summed E-state index contributed by atoms with van der Waals surface area (Å²) in [5, 5.41) is 7.63. The molecule has 0 aliphatic heterocycles. The highest BCUT2D eigenvalue weighted by Crippen LogP contribution is 2.19. The van der Waals surface area contributed by atoms with E-state index >= 15 is 0 Å². The first-order valence-electron chi connectivity index (χ1n) is 6.64. The second-order valence-electron chi connectivity index (χ2n) is 5.76. The molecule has 0 amide bonds. The van der Waals surface area contributed by atoms with Gasteiger partial charge in [0.05, 0.1) is 5.69 Å². The van der Waals surface area contributed by atoms with E-state index in [0.717, 1.165) is 30.6 Å². The van der Waals surface area contributed by atoms with Crippen molar-refractivity contribution < 1.29 is 0 Å². The van der Waals surface area contributed by atoms with Crippen molar-refractivity contribution in [1.29, 1.82) is 0 Å². The summed E-state index contributed by atoms with van der Waals surface area (Å²) in [6.07, 6.45) is 2.30. The van der Waals surface area contributed by atoms with Gasteiger partial charge in [-0.05, 0) is 19.0 Å². The SMILES string of the molecule is CCCCNCc1cc(C(C)(C)C)nn(C)c1=O. The molecule has 0 spiro atoms. The van der Waals surface area contributed by atoms with E-state index in [1.807, 2.05) is 6.07 Å². The molecule has 102 valence electrons. The van der Waals surface area contributed by atoms with Crippen LogP contribution in [-0.2, 0) is 19.0 Å². The Balaban J connectivity index is 2.90. The number of hydrogen-bond acceptors (Lipinski definition) is 3. The van der Waals surface area contributed by atoms with Gasteiger partial charge in [0.2, 0.25) is 0 Å². The third-order valence-corrected chi connectivity index (χ3v) is 2.93. The summed E-state index contributed by atoms with van der Waals surface area (Å²) < 4.78 is 1.44. The van der Waals surface area contributed by atoms with E-state index < -0.39 is 0 Å². The summed E-state index contributed by atoms with van der Waals surface area (Å²) in [6.45, 7) is 10.0. The number of unbranched alkanes of at least 4 members (excludes halogenated alkanes) is 1. The maximum Gasteiger partial charge on any atom is 0.270 e. The molecule has 1 aromatic rings. The third-order valence-electron chi connectivity index (χ3n) is 2.93. The molecule has 0 unspecified atom stereocenters. The molecular formula is C14H25N3O. The minimum absolute atomic E-state index is 0.00741. The molecule has 0 saturated heterocycles. The lowest BCUT2D eigenvalue weighted by molar-refractivity contribution is 0.523. The van der Waals surface area contributed by atoms with Crippen molar-refractivity contribution in [2.45, 2.75) is 52.5 Å². The summed E-state index contributed by atoms with van der Waals surface area (Å²) in [5.74, 6) is 0. The number of aryl methyl sites for hydroxylation is 1. The molecule has 0 saturated carbocycles. The van der Waals surface area contributed by atoms with Crippen LogP contribution in [0.2, 0.25) is 0 Å². The van der Waals surface area contributed by atoms with Crippen LogP contribution in [-0.4, -0.2) is 16.3 Å². The molecule has 1 heterocycles. The maximum atomic E-state index is 12.0. The highest BCUT2D eigenvalue weighted by Gasteiger charge is 2.18. The minimum Gasteiger partial charge on any atom is -0.312 e. The highest BCUT2D eigenvalue weighted by molar-refractivity contribution is 5.19. The fourth-order valence-corrected chi connectivity index (χ4v) is 1.69. The number of aromatic nitrogens is 2. The lowest BCUT2D eigenvalue weighted by atomic mass is 9.91. The summed E-state index contributed by atoms with van der Waals surface area (Å²) in [7, 11) is 1.72. The Kier molecular flexibility index (Phi) is 5.08. The summed E-state index contributed by atoms with van der Waals surface area (Å²) in [5.41, 5.74) is 1.71. The highest BCUT2D eigenvalue weighted by atomic mass is 16.1. The molecule has 0 fully saturated rings. The second kappa shape index (κ2) is 6.14. The van der Waals surface area contributed by atoms with Crippen molar-refractivity contribution in [2.24, 2.45) is 7.05 Å². The van der Waals surface area contributed by atoms with Crippen LogP contribution in [0.3, 0.4) is 0 Å². The molecule has 0 atom stereocenters. The zero-order valence-corrected chi connectivity index (χ0v) is 12.2. The molecule has 4 nitrogen and oxygen atoms in total. The normalized spacial score (nSPS) is 11.8. The van der Waals surface area contributed by atoms with E-state index in [4.69, 9.17) is 0 Å². The van der Waals surface area contributed by atoms with Gasteiger partial charge in [-0.1, -0.05) is 34.1 Å². The Morgan fingerprint density at radius 2 is 2.06 bits per heavy atom. The Hall–Kier alpha value is -1.16. The predicted molar refractivity (Wildman–Crippen MR) is 74.8 cm³/mol. The van der Waals surface area contributed by atoms with Crippen LogP contribution in [0.1, 0.15) is 51.8 Å². The largest absolute Gasteiger partial charge is 0.312 e. The van der Waals surface area contributed by atoms with E-state index in [2.05, 4.69) is 38.1 Å². The zero-order chi connectivity index (χ0) is 13.8. The molecular weight excluding hydrogens is 226 g/mol. The van der Waals surface area contributed by atoms with Crippen LogP contribution >= 0.6 is 0 Å².